The third-order valence-electron chi connectivity index (χ3n) is 7.23. The van der Waals surface area contributed by atoms with Crippen molar-refractivity contribution in [1.82, 2.24) is 14.8 Å². The Labute approximate surface area is 237 Å². The fourth-order valence-corrected chi connectivity index (χ4v) is 5.40. The number of rotatable bonds is 10. The molecule has 5 rings (SSSR count). The van der Waals surface area contributed by atoms with Crippen LogP contribution in [0.4, 0.5) is 13.2 Å². The predicted molar refractivity (Wildman–Crippen MR) is 153 cm³/mol. The van der Waals surface area contributed by atoms with E-state index in [0.717, 1.165) is 79.8 Å². The van der Waals surface area contributed by atoms with Gasteiger partial charge < -0.3 is 19.4 Å². The van der Waals surface area contributed by atoms with E-state index in [1.807, 2.05) is 31.3 Å². The lowest BCUT2D eigenvalue weighted by Gasteiger charge is -2.32. The van der Waals surface area contributed by atoms with Crippen molar-refractivity contribution >= 4 is 22.5 Å². The molecule has 4 aromatic rings. The number of likely N-dealkylation sites (tertiary alicyclic amines) is 1. The van der Waals surface area contributed by atoms with Crippen LogP contribution >= 0.6 is 11.6 Å². The highest BCUT2D eigenvalue weighted by Gasteiger charge is 2.31. The molecule has 9 heteroatoms. The molecule has 0 atom stereocenters. The number of ether oxygens (including phenoxy) is 2. The average molecular weight is 572 g/mol. The molecular formula is C31H33ClF3N3O2. The van der Waals surface area contributed by atoms with E-state index >= 15 is 0 Å². The van der Waals surface area contributed by atoms with Gasteiger partial charge in [0.1, 0.15) is 17.6 Å². The van der Waals surface area contributed by atoms with Crippen LogP contribution in [0.2, 0.25) is 5.02 Å². The summed E-state index contributed by atoms with van der Waals surface area (Å²) in [5.74, 6) is 0.621. The maximum Gasteiger partial charge on any atom is 0.573 e. The van der Waals surface area contributed by atoms with Crippen LogP contribution in [0, 0.1) is 0 Å². The molecule has 40 heavy (non-hydrogen) atoms. The van der Waals surface area contributed by atoms with Crippen LogP contribution in [-0.2, 0) is 13.1 Å². The van der Waals surface area contributed by atoms with Gasteiger partial charge in [0.05, 0.1) is 0 Å². The Bertz CT molecular complexity index is 1400. The molecule has 1 aliphatic rings. The quantitative estimate of drug-likeness (QED) is 0.200. The van der Waals surface area contributed by atoms with Gasteiger partial charge in [-0.1, -0.05) is 29.8 Å². The Morgan fingerprint density at radius 3 is 2.33 bits per heavy atom. The second kappa shape index (κ2) is 12.5. The molecule has 3 aromatic carbocycles. The minimum atomic E-state index is -4.71. The number of alkyl halides is 3. The number of piperidine rings is 1. The second-order valence-corrected chi connectivity index (χ2v) is 10.6. The zero-order valence-electron chi connectivity index (χ0n) is 22.4. The van der Waals surface area contributed by atoms with Gasteiger partial charge in [0.25, 0.3) is 0 Å². The molecular weight excluding hydrogens is 539 g/mol. The van der Waals surface area contributed by atoms with Crippen molar-refractivity contribution in [1.29, 1.82) is 0 Å². The molecule has 0 bridgehead atoms. The lowest BCUT2D eigenvalue weighted by molar-refractivity contribution is -0.274. The Morgan fingerprint density at radius 1 is 0.950 bits per heavy atom. The van der Waals surface area contributed by atoms with Crippen molar-refractivity contribution in [2.24, 2.45) is 0 Å². The Morgan fingerprint density at radius 2 is 1.65 bits per heavy atom. The van der Waals surface area contributed by atoms with Crippen molar-refractivity contribution in [3.8, 4) is 22.6 Å². The first-order valence-corrected chi connectivity index (χ1v) is 13.9. The smallest absolute Gasteiger partial charge is 0.490 e. The predicted octanol–water partition coefficient (Wildman–Crippen LogP) is 7.51. The van der Waals surface area contributed by atoms with Gasteiger partial charge in [-0.05, 0) is 92.5 Å². The molecule has 1 N–H and O–H groups in total. The topological polar surface area (TPSA) is 38.7 Å². The van der Waals surface area contributed by atoms with Crippen molar-refractivity contribution in [2.75, 3.05) is 26.7 Å². The molecule has 212 valence electrons. The maximum absolute atomic E-state index is 12.6. The normalized spacial score (nSPS) is 15.0. The number of nitrogens with zero attached hydrogens (tertiary/aromatic N) is 2. The van der Waals surface area contributed by atoms with Gasteiger partial charge in [0.15, 0.2) is 0 Å². The van der Waals surface area contributed by atoms with E-state index in [2.05, 4.69) is 43.9 Å². The van der Waals surface area contributed by atoms with Crippen LogP contribution in [-0.4, -0.2) is 48.6 Å². The number of benzene rings is 3. The summed E-state index contributed by atoms with van der Waals surface area (Å²) in [5.41, 5.74) is 4.16. The van der Waals surface area contributed by atoms with Crippen molar-refractivity contribution in [3.63, 3.8) is 0 Å². The first-order chi connectivity index (χ1) is 19.3. The fraction of sp³-hybridized carbons (Fsp3) is 0.355. The van der Waals surface area contributed by atoms with Gasteiger partial charge in [0.2, 0.25) is 0 Å². The Kier molecular flexibility index (Phi) is 8.88. The molecule has 1 fully saturated rings. The van der Waals surface area contributed by atoms with E-state index in [-0.39, 0.29) is 11.9 Å². The van der Waals surface area contributed by atoms with E-state index in [4.69, 9.17) is 16.3 Å². The third kappa shape index (κ3) is 7.30. The van der Waals surface area contributed by atoms with Crippen LogP contribution in [0.5, 0.6) is 11.5 Å². The van der Waals surface area contributed by atoms with E-state index in [0.29, 0.717) is 5.02 Å². The van der Waals surface area contributed by atoms with Crippen molar-refractivity contribution in [3.05, 3.63) is 83.5 Å². The number of aryl methyl sites for hydroxylation is 1. The van der Waals surface area contributed by atoms with Crippen LogP contribution in [0.15, 0.2) is 72.9 Å². The fourth-order valence-electron chi connectivity index (χ4n) is 5.27. The first-order valence-electron chi connectivity index (χ1n) is 13.5. The number of hydrogen-bond acceptors (Lipinski definition) is 4. The summed E-state index contributed by atoms with van der Waals surface area (Å²) in [6.45, 7) is 4.44. The van der Waals surface area contributed by atoms with E-state index < -0.39 is 6.36 Å². The summed E-state index contributed by atoms with van der Waals surface area (Å²) in [5, 5.41) is 4.97. The summed E-state index contributed by atoms with van der Waals surface area (Å²) in [6, 6.07) is 20.2. The molecule has 1 saturated heterocycles. The standard InChI is InChI=1S/C31H33ClF3N3O2/c1-36-15-2-16-38-21-29(23-4-8-27(9-5-23)40-31(33,34)35)28-19-22(3-12-30(28)38)20-37-17-13-26(14-18-37)39-25-10-6-24(32)7-11-25/h3-12,19,21,26,36H,2,13-18,20H2,1H3. The SMILES string of the molecule is CNCCCn1cc(-c2ccc(OC(F)(F)F)cc2)c2cc(CN3CCC(Oc4ccc(Cl)cc4)CC3)ccc21. The average Bonchev–Trinajstić information content (AvgIpc) is 3.28. The van der Waals surface area contributed by atoms with Gasteiger partial charge in [-0.2, -0.15) is 0 Å². The molecule has 1 aromatic heterocycles. The van der Waals surface area contributed by atoms with Gasteiger partial charge in [-0.3, -0.25) is 4.90 Å². The summed E-state index contributed by atoms with van der Waals surface area (Å²) in [7, 11) is 1.93. The number of halogens is 4. The highest BCUT2D eigenvalue weighted by atomic mass is 35.5. The number of nitrogens with one attached hydrogen (secondary N) is 1. The molecule has 0 amide bonds. The van der Waals surface area contributed by atoms with Gasteiger partial charge >= 0.3 is 6.36 Å². The van der Waals surface area contributed by atoms with Gasteiger partial charge in [-0.25, -0.2) is 0 Å². The molecule has 0 spiro atoms. The number of hydrogen-bond donors (Lipinski definition) is 1. The third-order valence-corrected chi connectivity index (χ3v) is 7.48. The summed E-state index contributed by atoms with van der Waals surface area (Å²) in [6.07, 6.45) is 0.434. The molecule has 5 nitrogen and oxygen atoms in total. The summed E-state index contributed by atoms with van der Waals surface area (Å²) >= 11 is 5.98. The van der Waals surface area contributed by atoms with E-state index in [1.165, 1.54) is 17.7 Å². The van der Waals surface area contributed by atoms with E-state index in [1.54, 1.807) is 12.1 Å². The monoisotopic (exact) mass is 571 g/mol. The minimum Gasteiger partial charge on any atom is -0.490 e. The molecule has 0 unspecified atom stereocenters. The Balaban J connectivity index is 1.31. The number of fused-ring (bicyclic) bond motifs is 1. The molecule has 0 aliphatic carbocycles. The Hall–Kier alpha value is -3.20. The van der Waals surface area contributed by atoms with Gasteiger partial charge in [0, 0.05) is 53.9 Å². The lowest BCUT2D eigenvalue weighted by atomic mass is 10.0. The van der Waals surface area contributed by atoms with Gasteiger partial charge in [-0.15, -0.1) is 13.2 Å². The second-order valence-electron chi connectivity index (χ2n) is 10.2. The zero-order chi connectivity index (χ0) is 28.1. The highest BCUT2D eigenvalue weighted by Crippen LogP contribution is 2.34. The maximum atomic E-state index is 12.6. The van der Waals surface area contributed by atoms with E-state index in [9.17, 15) is 13.2 Å². The largest absolute Gasteiger partial charge is 0.573 e. The van der Waals surface area contributed by atoms with Crippen LogP contribution in [0.1, 0.15) is 24.8 Å². The molecule has 1 aliphatic heterocycles. The first kappa shape index (κ1) is 28.3. The molecule has 2 heterocycles. The highest BCUT2D eigenvalue weighted by molar-refractivity contribution is 6.30. The molecule has 0 saturated carbocycles. The van der Waals surface area contributed by atoms with Crippen molar-refractivity contribution in [2.45, 2.75) is 44.8 Å². The van der Waals surface area contributed by atoms with Crippen molar-refractivity contribution < 1.29 is 22.6 Å². The molecule has 0 radical (unpaired) electrons. The zero-order valence-corrected chi connectivity index (χ0v) is 23.1. The summed E-state index contributed by atoms with van der Waals surface area (Å²) < 4.78 is 50.4. The van der Waals surface area contributed by atoms with Crippen LogP contribution in [0.25, 0.3) is 22.0 Å². The minimum absolute atomic E-state index is 0.183. The lowest BCUT2D eigenvalue weighted by Crippen LogP contribution is -2.37. The summed E-state index contributed by atoms with van der Waals surface area (Å²) in [4.78, 5) is 2.44. The number of aromatic nitrogens is 1. The van der Waals surface area contributed by atoms with Crippen LogP contribution in [0.3, 0.4) is 0 Å². The van der Waals surface area contributed by atoms with Crippen LogP contribution < -0.4 is 14.8 Å².